The van der Waals surface area contributed by atoms with Crippen molar-refractivity contribution < 1.29 is 9.53 Å². The minimum Gasteiger partial charge on any atom is -0.381 e. The second kappa shape index (κ2) is 14.1. The summed E-state index contributed by atoms with van der Waals surface area (Å²) in [6, 6.07) is 7.65. The number of unbranched alkanes of at least 4 members (excludes halogenated alkanes) is 1. The summed E-state index contributed by atoms with van der Waals surface area (Å²) in [5.74, 6) is 0.721. The van der Waals surface area contributed by atoms with Crippen LogP contribution in [-0.2, 0) is 11.3 Å². The lowest BCUT2D eigenvalue weighted by Crippen LogP contribution is -2.37. The highest BCUT2D eigenvalue weighted by Crippen LogP contribution is 2.05. The summed E-state index contributed by atoms with van der Waals surface area (Å²) in [6.45, 7) is 7.92. The molecule has 0 unspecified atom stereocenters. The third-order valence-electron chi connectivity index (χ3n) is 3.81. The van der Waals surface area contributed by atoms with Gasteiger partial charge in [-0.15, -0.1) is 0 Å². The zero-order valence-corrected chi connectivity index (χ0v) is 16.4. The van der Waals surface area contributed by atoms with E-state index in [1.165, 1.54) is 0 Å². The van der Waals surface area contributed by atoms with E-state index < -0.39 is 0 Å². The largest absolute Gasteiger partial charge is 0.381 e. The molecule has 0 aliphatic carbocycles. The molecule has 1 aromatic carbocycles. The number of hydrogen-bond acceptors (Lipinski definition) is 3. The van der Waals surface area contributed by atoms with Gasteiger partial charge in [0, 0.05) is 45.5 Å². The van der Waals surface area contributed by atoms with Crippen LogP contribution in [0.3, 0.4) is 0 Å². The summed E-state index contributed by atoms with van der Waals surface area (Å²) < 4.78 is 5.54. The number of aliphatic imine (C=N–C) groups is 1. The summed E-state index contributed by atoms with van der Waals surface area (Å²) in [5.41, 5.74) is 1.73. The fourth-order valence-electron chi connectivity index (χ4n) is 2.30. The number of amides is 1. The molecule has 0 saturated heterocycles. The van der Waals surface area contributed by atoms with E-state index in [9.17, 15) is 4.79 Å². The third-order valence-corrected chi connectivity index (χ3v) is 3.81. The van der Waals surface area contributed by atoms with Crippen LogP contribution < -0.4 is 16.0 Å². The van der Waals surface area contributed by atoms with E-state index in [-0.39, 0.29) is 5.91 Å². The smallest absolute Gasteiger partial charge is 0.251 e. The van der Waals surface area contributed by atoms with Crippen molar-refractivity contribution in [3.63, 3.8) is 0 Å². The highest BCUT2D eigenvalue weighted by atomic mass is 16.5. The molecule has 0 bridgehead atoms. The number of carbonyl (C=O) groups is 1. The van der Waals surface area contributed by atoms with Crippen LogP contribution in [0.15, 0.2) is 29.3 Å². The predicted molar refractivity (Wildman–Crippen MR) is 108 cm³/mol. The SMILES string of the molecule is CCCCOCCCNC(=NC)NCc1cccc(C(=O)NCCC)c1. The Bertz CT molecular complexity index is 546. The predicted octanol–water partition coefficient (Wildman–Crippen LogP) is 2.70. The van der Waals surface area contributed by atoms with Gasteiger partial charge in [0.25, 0.3) is 5.91 Å². The van der Waals surface area contributed by atoms with Crippen LogP contribution in [0.1, 0.15) is 55.5 Å². The number of carbonyl (C=O) groups excluding carboxylic acids is 1. The van der Waals surface area contributed by atoms with E-state index in [1.54, 1.807) is 7.05 Å². The average Bonchev–Trinajstić information content (AvgIpc) is 2.67. The molecule has 0 spiro atoms. The molecule has 0 atom stereocenters. The number of benzene rings is 1. The molecular formula is C20H34N4O2. The molecule has 1 aromatic rings. The van der Waals surface area contributed by atoms with Crippen molar-refractivity contribution in [3.8, 4) is 0 Å². The average molecular weight is 363 g/mol. The van der Waals surface area contributed by atoms with Gasteiger partial charge < -0.3 is 20.7 Å². The number of hydrogen-bond donors (Lipinski definition) is 3. The molecule has 0 aliphatic rings. The Morgan fingerprint density at radius 2 is 1.85 bits per heavy atom. The molecule has 3 N–H and O–H groups in total. The Hall–Kier alpha value is -2.08. The van der Waals surface area contributed by atoms with Crippen molar-refractivity contribution in [3.05, 3.63) is 35.4 Å². The van der Waals surface area contributed by atoms with Crippen molar-refractivity contribution in [2.24, 2.45) is 4.99 Å². The van der Waals surface area contributed by atoms with E-state index in [1.807, 2.05) is 31.2 Å². The first-order chi connectivity index (χ1) is 12.7. The van der Waals surface area contributed by atoms with E-state index in [0.29, 0.717) is 18.7 Å². The van der Waals surface area contributed by atoms with Crippen LogP contribution >= 0.6 is 0 Å². The van der Waals surface area contributed by atoms with E-state index in [4.69, 9.17) is 4.74 Å². The van der Waals surface area contributed by atoms with Gasteiger partial charge in [0.15, 0.2) is 5.96 Å². The van der Waals surface area contributed by atoms with Crippen LogP contribution in [-0.4, -0.2) is 45.2 Å². The Balaban J connectivity index is 2.33. The summed E-state index contributed by atoms with van der Waals surface area (Å²) in [5, 5.41) is 9.45. The lowest BCUT2D eigenvalue weighted by Gasteiger charge is -2.12. The van der Waals surface area contributed by atoms with Crippen LogP contribution in [0.2, 0.25) is 0 Å². The molecule has 0 aromatic heterocycles. The van der Waals surface area contributed by atoms with Gasteiger partial charge in [0.1, 0.15) is 0 Å². The highest BCUT2D eigenvalue weighted by Gasteiger charge is 2.05. The van der Waals surface area contributed by atoms with E-state index >= 15 is 0 Å². The normalized spacial score (nSPS) is 11.3. The van der Waals surface area contributed by atoms with E-state index in [0.717, 1.165) is 57.0 Å². The van der Waals surface area contributed by atoms with Gasteiger partial charge in [-0.05, 0) is 37.0 Å². The van der Waals surface area contributed by atoms with Gasteiger partial charge in [-0.25, -0.2) is 0 Å². The highest BCUT2D eigenvalue weighted by molar-refractivity contribution is 5.94. The maximum absolute atomic E-state index is 12.0. The minimum atomic E-state index is -0.0284. The van der Waals surface area contributed by atoms with Crippen LogP contribution in [0.4, 0.5) is 0 Å². The zero-order chi connectivity index (χ0) is 19.0. The standard InChI is InChI=1S/C20H34N4O2/c1-4-6-13-26-14-8-12-23-20(21-3)24-16-17-9-7-10-18(15-17)19(25)22-11-5-2/h7,9-10,15H,4-6,8,11-14,16H2,1-3H3,(H,22,25)(H2,21,23,24). The first-order valence-corrected chi connectivity index (χ1v) is 9.60. The van der Waals surface area contributed by atoms with Crippen LogP contribution in [0, 0.1) is 0 Å². The van der Waals surface area contributed by atoms with Gasteiger partial charge in [0.05, 0.1) is 0 Å². The topological polar surface area (TPSA) is 74.8 Å². The monoisotopic (exact) mass is 362 g/mol. The van der Waals surface area contributed by atoms with Gasteiger partial charge in [-0.2, -0.15) is 0 Å². The second-order valence-corrected chi connectivity index (χ2v) is 6.13. The van der Waals surface area contributed by atoms with Crippen LogP contribution in [0.5, 0.6) is 0 Å². The number of nitrogens with zero attached hydrogens (tertiary/aromatic N) is 1. The quantitative estimate of drug-likeness (QED) is 0.304. The van der Waals surface area contributed by atoms with Gasteiger partial charge in [0.2, 0.25) is 0 Å². The molecule has 0 fully saturated rings. The van der Waals surface area contributed by atoms with Crippen molar-refractivity contribution >= 4 is 11.9 Å². The molecule has 26 heavy (non-hydrogen) atoms. The Kier molecular flexibility index (Phi) is 11.9. The van der Waals surface area contributed by atoms with Crippen molar-refractivity contribution in [2.75, 3.05) is 33.4 Å². The molecule has 0 saturated carbocycles. The number of ether oxygens (including phenoxy) is 1. The fraction of sp³-hybridized carbons (Fsp3) is 0.600. The molecule has 0 aliphatic heterocycles. The maximum Gasteiger partial charge on any atom is 0.251 e. The Labute approximate surface area is 157 Å². The first-order valence-electron chi connectivity index (χ1n) is 9.60. The molecule has 0 radical (unpaired) electrons. The van der Waals surface area contributed by atoms with Gasteiger partial charge >= 0.3 is 0 Å². The van der Waals surface area contributed by atoms with Crippen LogP contribution in [0.25, 0.3) is 0 Å². The molecule has 0 heterocycles. The maximum atomic E-state index is 12.0. The molecule has 1 amide bonds. The lowest BCUT2D eigenvalue weighted by atomic mass is 10.1. The summed E-state index contributed by atoms with van der Waals surface area (Å²) >= 11 is 0. The summed E-state index contributed by atoms with van der Waals surface area (Å²) in [7, 11) is 1.75. The zero-order valence-electron chi connectivity index (χ0n) is 16.4. The Morgan fingerprint density at radius 1 is 1.04 bits per heavy atom. The molecule has 1 rings (SSSR count). The minimum absolute atomic E-state index is 0.0284. The number of rotatable bonds is 12. The number of nitrogens with one attached hydrogen (secondary N) is 3. The Morgan fingerprint density at radius 3 is 2.58 bits per heavy atom. The molecule has 146 valence electrons. The lowest BCUT2D eigenvalue weighted by molar-refractivity contribution is 0.0953. The molecular weight excluding hydrogens is 328 g/mol. The van der Waals surface area contributed by atoms with E-state index in [2.05, 4.69) is 27.9 Å². The molecule has 6 nitrogen and oxygen atoms in total. The second-order valence-electron chi connectivity index (χ2n) is 6.13. The van der Waals surface area contributed by atoms with Crippen molar-refractivity contribution in [2.45, 2.75) is 46.1 Å². The summed E-state index contributed by atoms with van der Waals surface area (Å²) in [6.07, 6.45) is 4.15. The van der Waals surface area contributed by atoms with Gasteiger partial charge in [-0.3, -0.25) is 9.79 Å². The number of guanidine groups is 1. The first kappa shape index (κ1) is 22.0. The third kappa shape index (κ3) is 9.42. The van der Waals surface area contributed by atoms with Gasteiger partial charge in [-0.1, -0.05) is 32.4 Å². The summed E-state index contributed by atoms with van der Waals surface area (Å²) in [4.78, 5) is 16.3. The molecule has 6 heteroatoms. The van der Waals surface area contributed by atoms with Crippen molar-refractivity contribution in [1.29, 1.82) is 0 Å². The van der Waals surface area contributed by atoms with Crippen molar-refractivity contribution in [1.82, 2.24) is 16.0 Å². The fourth-order valence-corrected chi connectivity index (χ4v) is 2.30.